The Balaban J connectivity index is 2.01. The van der Waals surface area contributed by atoms with Crippen molar-refractivity contribution in [1.29, 1.82) is 0 Å². The maximum Gasteiger partial charge on any atom is 0.335 e. The first kappa shape index (κ1) is 24.2. The first-order valence-electron chi connectivity index (χ1n) is 10.0. The van der Waals surface area contributed by atoms with Crippen LogP contribution in [0.5, 0.6) is 11.5 Å². The maximum atomic E-state index is 13.1. The number of ether oxygens (including phenoxy) is 2. The number of urea groups is 1. The van der Waals surface area contributed by atoms with Gasteiger partial charge in [-0.05, 0) is 90.9 Å². The Morgan fingerprint density at radius 3 is 2.47 bits per heavy atom. The minimum Gasteiger partial charge on any atom is -0.490 e. The van der Waals surface area contributed by atoms with Gasteiger partial charge in [-0.15, -0.1) is 0 Å². The fraction of sp³-hybridized carbons (Fsp3) is 0.261. The van der Waals surface area contributed by atoms with E-state index in [2.05, 4.69) is 43.8 Å². The van der Waals surface area contributed by atoms with Gasteiger partial charge in [0.1, 0.15) is 5.57 Å². The first-order chi connectivity index (χ1) is 15.2. The summed E-state index contributed by atoms with van der Waals surface area (Å²) in [7, 11) is 0. The Labute approximate surface area is 208 Å². The minimum absolute atomic E-state index is 0.00288. The molecule has 0 radical (unpaired) electrons. The number of carbonyl (C=O) groups excluding carboxylic acids is 3. The molecule has 2 aromatic rings. The fourth-order valence-corrected chi connectivity index (χ4v) is 4.00. The van der Waals surface area contributed by atoms with Gasteiger partial charge >= 0.3 is 6.03 Å². The minimum atomic E-state index is -0.790. The Morgan fingerprint density at radius 1 is 1.16 bits per heavy atom. The van der Waals surface area contributed by atoms with Crippen LogP contribution in [-0.4, -0.2) is 30.6 Å². The smallest absolute Gasteiger partial charge is 0.335 e. The highest BCUT2D eigenvalue weighted by molar-refractivity contribution is 14.1. The van der Waals surface area contributed by atoms with Gasteiger partial charge in [0, 0.05) is 4.47 Å². The Kier molecular flexibility index (Phi) is 7.94. The molecule has 9 heteroatoms. The molecule has 0 bridgehead atoms. The van der Waals surface area contributed by atoms with E-state index in [-0.39, 0.29) is 11.7 Å². The van der Waals surface area contributed by atoms with Crippen LogP contribution < -0.4 is 19.7 Å². The van der Waals surface area contributed by atoms with E-state index in [1.165, 1.54) is 6.08 Å². The molecule has 7 nitrogen and oxygen atoms in total. The number of benzene rings is 2. The molecule has 1 fully saturated rings. The van der Waals surface area contributed by atoms with Crippen LogP contribution in [0.2, 0.25) is 0 Å². The van der Waals surface area contributed by atoms with Gasteiger partial charge in [0.2, 0.25) is 0 Å². The van der Waals surface area contributed by atoms with Crippen molar-refractivity contribution in [2.75, 3.05) is 11.5 Å². The highest BCUT2D eigenvalue weighted by Crippen LogP contribution is 2.36. The summed E-state index contributed by atoms with van der Waals surface area (Å²) in [5.41, 5.74) is 0.787. The van der Waals surface area contributed by atoms with Gasteiger partial charge in [-0.25, -0.2) is 9.69 Å². The summed E-state index contributed by atoms with van der Waals surface area (Å²) < 4.78 is 13.3. The molecule has 1 saturated heterocycles. The molecule has 1 atom stereocenters. The summed E-state index contributed by atoms with van der Waals surface area (Å²) in [4.78, 5) is 38.9. The van der Waals surface area contributed by atoms with Crippen LogP contribution in [-0.2, 0) is 9.59 Å². The van der Waals surface area contributed by atoms with Crippen molar-refractivity contribution >= 4 is 68.1 Å². The fourth-order valence-electron chi connectivity index (χ4n) is 2.98. The molecule has 3 rings (SSSR count). The number of nitrogens with zero attached hydrogens (tertiary/aromatic N) is 1. The number of rotatable bonds is 7. The van der Waals surface area contributed by atoms with Gasteiger partial charge in [-0.2, -0.15) is 0 Å². The number of carbonyl (C=O) groups is 3. The van der Waals surface area contributed by atoms with Gasteiger partial charge in [0.05, 0.1) is 22.0 Å². The third-order valence-electron chi connectivity index (χ3n) is 4.72. The normalized spacial score (nSPS) is 16.2. The van der Waals surface area contributed by atoms with E-state index >= 15 is 0 Å². The first-order valence-corrected chi connectivity index (χ1v) is 11.9. The van der Waals surface area contributed by atoms with Gasteiger partial charge in [0.15, 0.2) is 11.5 Å². The summed E-state index contributed by atoms with van der Waals surface area (Å²) >= 11 is 5.46. The largest absolute Gasteiger partial charge is 0.490 e. The topological polar surface area (TPSA) is 84.9 Å². The van der Waals surface area contributed by atoms with E-state index in [0.717, 1.165) is 19.4 Å². The Hall–Kier alpha value is -2.40. The molecule has 32 heavy (non-hydrogen) atoms. The van der Waals surface area contributed by atoms with E-state index < -0.39 is 17.8 Å². The second-order valence-electron chi connectivity index (χ2n) is 7.03. The molecular formula is C23H22BrIN2O5. The zero-order valence-electron chi connectivity index (χ0n) is 17.8. The molecule has 0 spiro atoms. The molecule has 0 aromatic heterocycles. The zero-order chi connectivity index (χ0) is 23.4. The summed E-state index contributed by atoms with van der Waals surface area (Å²) in [6.07, 6.45) is 2.29. The zero-order valence-corrected chi connectivity index (χ0v) is 21.5. The van der Waals surface area contributed by atoms with Crippen LogP contribution in [0.25, 0.3) is 6.08 Å². The van der Waals surface area contributed by atoms with Gasteiger partial charge < -0.3 is 9.47 Å². The highest BCUT2D eigenvalue weighted by Gasteiger charge is 2.36. The molecule has 2 aromatic carbocycles. The number of hydrogen-bond acceptors (Lipinski definition) is 5. The predicted molar refractivity (Wildman–Crippen MR) is 134 cm³/mol. The van der Waals surface area contributed by atoms with E-state index in [9.17, 15) is 14.4 Å². The third-order valence-corrected chi connectivity index (χ3v) is 6.05. The lowest BCUT2D eigenvalue weighted by Gasteiger charge is -2.26. The lowest BCUT2D eigenvalue weighted by molar-refractivity contribution is -0.122. The quantitative estimate of drug-likeness (QED) is 0.261. The number of barbiturate groups is 1. The highest BCUT2D eigenvalue weighted by atomic mass is 127. The lowest BCUT2D eigenvalue weighted by Crippen LogP contribution is -2.54. The third kappa shape index (κ3) is 5.32. The van der Waals surface area contributed by atoms with Crippen LogP contribution in [0.15, 0.2) is 46.4 Å². The van der Waals surface area contributed by atoms with E-state index in [4.69, 9.17) is 9.47 Å². The average Bonchev–Trinajstić information content (AvgIpc) is 2.74. The summed E-state index contributed by atoms with van der Waals surface area (Å²) in [5, 5.41) is 2.23. The van der Waals surface area contributed by atoms with Crippen molar-refractivity contribution in [3.05, 3.63) is 55.6 Å². The molecule has 168 valence electrons. The number of halogens is 2. The number of nitrogens with one attached hydrogen (secondary N) is 1. The second kappa shape index (κ2) is 10.5. The molecular weight excluding hydrogens is 591 g/mol. The second-order valence-corrected chi connectivity index (χ2v) is 9.11. The van der Waals surface area contributed by atoms with Crippen molar-refractivity contribution < 1.29 is 23.9 Å². The monoisotopic (exact) mass is 612 g/mol. The molecule has 0 aliphatic carbocycles. The maximum absolute atomic E-state index is 13.1. The van der Waals surface area contributed by atoms with Crippen molar-refractivity contribution in [3.63, 3.8) is 0 Å². The number of amides is 4. The van der Waals surface area contributed by atoms with Crippen LogP contribution in [0.3, 0.4) is 0 Å². The van der Waals surface area contributed by atoms with Gasteiger partial charge in [-0.1, -0.05) is 22.9 Å². The number of hydrogen-bond donors (Lipinski definition) is 1. The summed E-state index contributed by atoms with van der Waals surface area (Å²) in [5.74, 6) is -0.304. The molecule has 4 amide bonds. The van der Waals surface area contributed by atoms with Crippen molar-refractivity contribution in [2.45, 2.75) is 33.3 Å². The summed E-state index contributed by atoms with van der Waals surface area (Å²) in [6.45, 7) is 6.30. The van der Waals surface area contributed by atoms with E-state index in [0.29, 0.717) is 29.4 Å². The Morgan fingerprint density at radius 2 is 1.84 bits per heavy atom. The summed E-state index contributed by atoms with van der Waals surface area (Å²) in [6, 6.07) is 9.39. The Bertz CT molecular complexity index is 1080. The standard InChI is InChI=1S/C23H22BrIN2O5/c1-4-13(3)32-20-18(25)11-14(12-19(20)31-5-2)10-17-21(28)26-23(30)27(22(17)29)16-8-6-15(24)7-9-16/h6-13H,4-5H2,1-3H3,(H,26,28,30)/b17-10+/t13-/m0/s1. The van der Waals surface area contributed by atoms with Gasteiger partial charge in [0.25, 0.3) is 11.8 Å². The molecule has 1 heterocycles. The van der Waals surface area contributed by atoms with E-state index in [1.54, 1.807) is 36.4 Å². The number of imide groups is 2. The van der Waals surface area contributed by atoms with Crippen LogP contribution >= 0.6 is 38.5 Å². The lowest BCUT2D eigenvalue weighted by atomic mass is 10.1. The van der Waals surface area contributed by atoms with E-state index in [1.807, 2.05) is 20.8 Å². The molecule has 0 unspecified atom stereocenters. The molecule has 0 saturated carbocycles. The average molecular weight is 613 g/mol. The van der Waals surface area contributed by atoms with Crippen LogP contribution in [0.4, 0.5) is 10.5 Å². The van der Waals surface area contributed by atoms with Crippen molar-refractivity contribution in [2.24, 2.45) is 0 Å². The van der Waals surface area contributed by atoms with Crippen LogP contribution in [0, 0.1) is 3.57 Å². The molecule has 1 N–H and O–H groups in total. The van der Waals surface area contributed by atoms with Crippen LogP contribution in [0.1, 0.15) is 32.8 Å². The molecule has 1 aliphatic rings. The van der Waals surface area contributed by atoms with Crippen molar-refractivity contribution in [1.82, 2.24) is 5.32 Å². The molecule has 1 aliphatic heterocycles. The SMILES string of the molecule is CCOc1cc(/C=C2\C(=O)NC(=O)N(c3ccc(Br)cc3)C2=O)cc(I)c1O[C@@H](C)CC. The predicted octanol–water partition coefficient (Wildman–Crippen LogP) is 5.30. The number of anilines is 1. The van der Waals surface area contributed by atoms with Gasteiger partial charge in [-0.3, -0.25) is 14.9 Å². The van der Waals surface area contributed by atoms with Crippen molar-refractivity contribution in [3.8, 4) is 11.5 Å².